The molecule has 1 unspecified atom stereocenters. The molecule has 0 aromatic heterocycles. The number of carbonyl (C=O) groups is 1. The molecule has 0 spiro atoms. The van der Waals surface area contributed by atoms with Gasteiger partial charge in [-0.1, -0.05) is 18.9 Å². The summed E-state index contributed by atoms with van der Waals surface area (Å²) in [6.07, 6.45) is 6.69. The topological polar surface area (TPSA) is 92.8 Å². The van der Waals surface area contributed by atoms with Gasteiger partial charge in [0.05, 0.1) is 0 Å². The molecule has 5 nitrogen and oxygen atoms in total. The van der Waals surface area contributed by atoms with E-state index in [4.69, 9.17) is 10.5 Å². The first-order chi connectivity index (χ1) is 10.1. The number of carbonyl (C=O) groups excluding carboxylic acids is 1. The largest absolute Gasteiger partial charge is 0.504 e. The van der Waals surface area contributed by atoms with Crippen LogP contribution in [0.3, 0.4) is 0 Å². The van der Waals surface area contributed by atoms with E-state index in [1.165, 1.54) is 25.0 Å². The number of ether oxygens (including phenoxy) is 1. The maximum Gasteiger partial charge on any atom is 0.323 e. The SMILES string of the molecule is NC(Cc1ccc(O)c(O)c1)C(=O)OC1CCCCCC1. The van der Waals surface area contributed by atoms with Crippen molar-refractivity contribution in [2.45, 2.75) is 57.1 Å². The monoisotopic (exact) mass is 293 g/mol. The number of esters is 1. The van der Waals surface area contributed by atoms with Crippen molar-refractivity contribution in [1.82, 2.24) is 0 Å². The fourth-order valence-electron chi connectivity index (χ4n) is 2.64. The highest BCUT2D eigenvalue weighted by Crippen LogP contribution is 2.25. The van der Waals surface area contributed by atoms with Gasteiger partial charge in [-0.05, 0) is 49.8 Å². The Morgan fingerprint density at radius 3 is 2.48 bits per heavy atom. The zero-order valence-electron chi connectivity index (χ0n) is 12.1. The van der Waals surface area contributed by atoms with Crippen LogP contribution in [0.5, 0.6) is 11.5 Å². The van der Waals surface area contributed by atoms with Gasteiger partial charge in [0, 0.05) is 0 Å². The molecule has 21 heavy (non-hydrogen) atoms. The van der Waals surface area contributed by atoms with Gasteiger partial charge in [0.25, 0.3) is 0 Å². The Bertz CT molecular complexity index is 481. The average Bonchev–Trinajstić information content (AvgIpc) is 2.71. The molecule has 116 valence electrons. The van der Waals surface area contributed by atoms with E-state index in [2.05, 4.69) is 0 Å². The van der Waals surface area contributed by atoms with Crippen LogP contribution in [-0.4, -0.2) is 28.3 Å². The van der Waals surface area contributed by atoms with Gasteiger partial charge in [-0.2, -0.15) is 0 Å². The third-order valence-electron chi connectivity index (χ3n) is 3.88. The fraction of sp³-hybridized carbons (Fsp3) is 0.562. The molecule has 1 fully saturated rings. The second-order valence-corrected chi connectivity index (χ2v) is 5.68. The van der Waals surface area contributed by atoms with Gasteiger partial charge >= 0.3 is 5.97 Å². The summed E-state index contributed by atoms with van der Waals surface area (Å²) in [5, 5.41) is 18.7. The number of benzene rings is 1. The highest BCUT2D eigenvalue weighted by Gasteiger charge is 2.21. The third-order valence-corrected chi connectivity index (χ3v) is 3.88. The van der Waals surface area contributed by atoms with Gasteiger partial charge in [-0.25, -0.2) is 0 Å². The van der Waals surface area contributed by atoms with E-state index < -0.39 is 12.0 Å². The summed E-state index contributed by atoms with van der Waals surface area (Å²) in [7, 11) is 0. The van der Waals surface area contributed by atoms with Crippen molar-refractivity contribution < 1.29 is 19.7 Å². The Kier molecular flexibility index (Phi) is 5.44. The summed E-state index contributed by atoms with van der Waals surface area (Å²) in [6, 6.07) is 3.67. The molecular formula is C16H23NO4. The summed E-state index contributed by atoms with van der Waals surface area (Å²) in [6.45, 7) is 0. The summed E-state index contributed by atoms with van der Waals surface area (Å²) in [4.78, 5) is 12.0. The minimum Gasteiger partial charge on any atom is -0.504 e. The first kappa shape index (κ1) is 15.6. The number of phenols is 2. The summed E-state index contributed by atoms with van der Waals surface area (Å²) in [5.74, 6) is -0.792. The lowest BCUT2D eigenvalue weighted by Gasteiger charge is -2.18. The molecule has 1 aromatic carbocycles. The van der Waals surface area contributed by atoms with E-state index >= 15 is 0 Å². The first-order valence-electron chi connectivity index (χ1n) is 7.53. The van der Waals surface area contributed by atoms with E-state index in [-0.39, 0.29) is 24.0 Å². The van der Waals surface area contributed by atoms with Crippen LogP contribution >= 0.6 is 0 Å². The third kappa shape index (κ3) is 4.63. The van der Waals surface area contributed by atoms with Crippen molar-refractivity contribution in [2.24, 2.45) is 5.73 Å². The number of nitrogens with two attached hydrogens (primary N) is 1. The molecule has 5 heteroatoms. The molecule has 0 saturated heterocycles. The van der Waals surface area contributed by atoms with E-state index in [1.54, 1.807) is 6.07 Å². The average molecular weight is 293 g/mol. The molecule has 1 atom stereocenters. The van der Waals surface area contributed by atoms with Crippen LogP contribution in [0, 0.1) is 0 Å². The Balaban J connectivity index is 1.87. The van der Waals surface area contributed by atoms with Gasteiger partial charge in [0.2, 0.25) is 0 Å². The van der Waals surface area contributed by atoms with Crippen molar-refractivity contribution in [3.8, 4) is 11.5 Å². The van der Waals surface area contributed by atoms with E-state index in [1.807, 2.05) is 0 Å². The molecule has 0 aliphatic heterocycles. The lowest BCUT2D eigenvalue weighted by Crippen LogP contribution is -2.36. The Morgan fingerprint density at radius 1 is 1.19 bits per heavy atom. The lowest BCUT2D eigenvalue weighted by molar-refractivity contribution is -0.151. The number of rotatable bonds is 4. The molecule has 0 amide bonds. The maximum absolute atomic E-state index is 12.0. The quantitative estimate of drug-likeness (QED) is 0.450. The highest BCUT2D eigenvalue weighted by atomic mass is 16.5. The number of aromatic hydroxyl groups is 2. The van der Waals surface area contributed by atoms with Gasteiger partial charge < -0.3 is 20.7 Å². The Hall–Kier alpha value is -1.75. The van der Waals surface area contributed by atoms with Gasteiger partial charge in [-0.3, -0.25) is 4.79 Å². The minimum absolute atomic E-state index is 0.0146. The lowest BCUT2D eigenvalue weighted by atomic mass is 10.1. The first-order valence-corrected chi connectivity index (χ1v) is 7.53. The van der Waals surface area contributed by atoms with Crippen molar-refractivity contribution in [1.29, 1.82) is 0 Å². The minimum atomic E-state index is -0.753. The molecule has 1 aliphatic carbocycles. The zero-order chi connectivity index (χ0) is 15.2. The van der Waals surface area contributed by atoms with Crippen LogP contribution in [0.15, 0.2) is 18.2 Å². The van der Waals surface area contributed by atoms with Gasteiger partial charge in [-0.15, -0.1) is 0 Å². The molecule has 0 bridgehead atoms. The predicted molar refractivity (Wildman–Crippen MR) is 79.0 cm³/mol. The molecular weight excluding hydrogens is 270 g/mol. The van der Waals surface area contributed by atoms with Crippen LogP contribution in [0.25, 0.3) is 0 Å². The predicted octanol–water partition coefficient (Wildman–Crippen LogP) is 2.23. The van der Waals surface area contributed by atoms with Crippen LogP contribution in [0.2, 0.25) is 0 Å². The highest BCUT2D eigenvalue weighted by molar-refractivity contribution is 5.76. The van der Waals surface area contributed by atoms with Crippen LogP contribution in [-0.2, 0) is 16.0 Å². The number of phenolic OH excluding ortho intramolecular Hbond substituents is 2. The number of hydrogen-bond acceptors (Lipinski definition) is 5. The van der Waals surface area contributed by atoms with Crippen molar-refractivity contribution in [3.05, 3.63) is 23.8 Å². The van der Waals surface area contributed by atoms with Crippen LogP contribution in [0.1, 0.15) is 44.1 Å². The standard InChI is InChI=1S/C16H23NO4/c17-13(9-11-7-8-14(18)15(19)10-11)16(20)21-12-5-3-1-2-4-6-12/h7-8,10,12-13,18-19H,1-6,9,17H2. The fourth-order valence-corrected chi connectivity index (χ4v) is 2.64. The summed E-state index contributed by atoms with van der Waals surface area (Å²) >= 11 is 0. The molecule has 2 rings (SSSR count). The van der Waals surface area contributed by atoms with Crippen molar-refractivity contribution in [2.75, 3.05) is 0 Å². The molecule has 1 aliphatic rings. The summed E-state index contributed by atoms with van der Waals surface area (Å²) < 4.78 is 5.48. The smallest absolute Gasteiger partial charge is 0.323 e. The second-order valence-electron chi connectivity index (χ2n) is 5.68. The molecule has 4 N–H and O–H groups in total. The molecule has 1 aromatic rings. The van der Waals surface area contributed by atoms with E-state index in [9.17, 15) is 15.0 Å². The van der Waals surface area contributed by atoms with E-state index in [0.29, 0.717) is 5.56 Å². The number of hydrogen-bond donors (Lipinski definition) is 3. The van der Waals surface area contributed by atoms with Gasteiger partial charge in [0.1, 0.15) is 12.1 Å². The van der Waals surface area contributed by atoms with Gasteiger partial charge in [0.15, 0.2) is 11.5 Å². The van der Waals surface area contributed by atoms with Crippen molar-refractivity contribution >= 4 is 5.97 Å². The second kappa shape index (κ2) is 7.31. The van der Waals surface area contributed by atoms with E-state index in [0.717, 1.165) is 25.7 Å². The molecule has 0 radical (unpaired) electrons. The normalized spacial score (nSPS) is 18.0. The molecule has 0 heterocycles. The van der Waals surface area contributed by atoms with Crippen LogP contribution < -0.4 is 5.73 Å². The zero-order valence-corrected chi connectivity index (χ0v) is 12.1. The Morgan fingerprint density at radius 2 is 1.86 bits per heavy atom. The summed E-state index contributed by atoms with van der Waals surface area (Å²) in [5.41, 5.74) is 6.57. The van der Waals surface area contributed by atoms with Crippen LogP contribution in [0.4, 0.5) is 0 Å². The Labute approximate surface area is 124 Å². The molecule has 1 saturated carbocycles. The van der Waals surface area contributed by atoms with Crippen molar-refractivity contribution in [3.63, 3.8) is 0 Å². The maximum atomic E-state index is 12.0.